The van der Waals surface area contributed by atoms with Crippen LogP contribution in [0.4, 0.5) is 13.2 Å². The number of nitrogens with one attached hydrogen (secondary N) is 2. The van der Waals surface area contributed by atoms with Crippen molar-refractivity contribution in [2.75, 3.05) is 7.05 Å². The van der Waals surface area contributed by atoms with Gasteiger partial charge in [-0.3, -0.25) is 4.99 Å². The number of rotatable bonds is 4. The van der Waals surface area contributed by atoms with Gasteiger partial charge in [0.25, 0.3) is 0 Å². The second-order valence-electron chi connectivity index (χ2n) is 4.80. The van der Waals surface area contributed by atoms with Gasteiger partial charge in [0, 0.05) is 25.7 Å². The summed E-state index contributed by atoms with van der Waals surface area (Å²) in [6.07, 6.45) is 0. The fourth-order valence-corrected chi connectivity index (χ4v) is 1.92. The second-order valence-corrected chi connectivity index (χ2v) is 4.80. The molecule has 0 aliphatic heterocycles. The minimum absolute atomic E-state index is 0.0488. The Morgan fingerprint density at radius 1 is 1.00 bits per heavy atom. The van der Waals surface area contributed by atoms with Crippen molar-refractivity contribution in [1.82, 2.24) is 10.6 Å². The first-order valence-corrected chi connectivity index (χ1v) is 6.85. The Labute approximate surface area is 131 Å². The molecule has 0 saturated heterocycles. The van der Waals surface area contributed by atoms with Gasteiger partial charge < -0.3 is 15.7 Å². The van der Waals surface area contributed by atoms with E-state index >= 15 is 0 Å². The molecule has 0 aliphatic carbocycles. The molecule has 2 aromatic carbocycles. The molecule has 2 aromatic rings. The summed E-state index contributed by atoms with van der Waals surface area (Å²) in [5.41, 5.74) is 0.767. The van der Waals surface area contributed by atoms with Gasteiger partial charge in [-0.25, -0.2) is 13.2 Å². The van der Waals surface area contributed by atoms with Crippen molar-refractivity contribution in [1.29, 1.82) is 0 Å². The van der Waals surface area contributed by atoms with E-state index in [1.54, 1.807) is 6.07 Å². The minimum atomic E-state index is -0.714. The summed E-state index contributed by atoms with van der Waals surface area (Å²) in [4.78, 5) is 3.95. The number of hydrogen-bond acceptors (Lipinski definition) is 2. The van der Waals surface area contributed by atoms with Crippen LogP contribution in [-0.4, -0.2) is 18.1 Å². The van der Waals surface area contributed by atoms with E-state index in [1.165, 1.54) is 19.2 Å². The summed E-state index contributed by atoms with van der Waals surface area (Å²) < 4.78 is 39.9. The largest absolute Gasteiger partial charge is 0.505 e. The van der Waals surface area contributed by atoms with Crippen LogP contribution in [0.2, 0.25) is 0 Å². The molecule has 0 aromatic heterocycles. The molecule has 23 heavy (non-hydrogen) atoms. The van der Waals surface area contributed by atoms with Crippen molar-refractivity contribution in [3.05, 3.63) is 65.0 Å². The third-order valence-corrected chi connectivity index (χ3v) is 3.15. The molecule has 0 radical (unpaired) electrons. The minimum Gasteiger partial charge on any atom is -0.505 e. The standard InChI is InChI=1S/C16H16F3N3O/c1-20-16(21-8-10-2-5-15(23)14(19)6-10)22-9-11-7-12(17)3-4-13(11)18/h2-7,23H,8-9H2,1H3,(H2,20,21,22). The van der Waals surface area contributed by atoms with E-state index in [0.717, 1.165) is 18.2 Å². The summed E-state index contributed by atoms with van der Waals surface area (Å²) in [6.45, 7) is 0.301. The number of guanidine groups is 1. The molecule has 0 amide bonds. The molecule has 0 bridgehead atoms. The molecule has 7 heteroatoms. The maximum atomic E-state index is 13.5. The first-order valence-electron chi connectivity index (χ1n) is 6.85. The van der Waals surface area contributed by atoms with Gasteiger partial charge in [-0.2, -0.15) is 0 Å². The van der Waals surface area contributed by atoms with Crippen LogP contribution in [0.15, 0.2) is 41.4 Å². The predicted octanol–water partition coefficient (Wildman–Crippen LogP) is 2.67. The Kier molecular flexibility index (Phi) is 5.46. The van der Waals surface area contributed by atoms with Gasteiger partial charge in [-0.1, -0.05) is 6.07 Å². The molecule has 122 valence electrons. The highest BCUT2D eigenvalue weighted by molar-refractivity contribution is 5.79. The maximum absolute atomic E-state index is 13.5. The van der Waals surface area contributed by atoms with Crippen molar-refractivity contribution >= 4 is 5.96 Å². The smallest absolute Gasteiger partial charge is 0.191 e. The zero-order valence-corrected chi connectivity index (χ0v) is 12.4. The normalized spacial score (nSPS) is 11.4. The van der Waals surface area contributed by atoms with Crippen LogP contribution >= 0.6 is 0 Å². The average Bonchev–Trinajstić information content (AvgIpc) is 2.54. The van der Waals surface area contributed by atoms with Gasteiger partial charge in [-0.15, -0.1) is 0 Å². The van der Waals surface area contributed by atoms with Gasteiger partial charge in [0.2, 0.25) is 0 Å². The molecular formula is C16H16F3N3O. The molecule has 0 fully saturated rings. The zero-order valence-electron chi connectivity index (χ0n) is 12.4. The Balaban J connectivity index is 1.93. The molecule has 0 atom stereocenters. The summed E-state index contributed by atoms with van der Waals surface area (Å²) in [5, 5.41) is 14.9. The zero-order chi connectivity index (χ0) is 16.8. The molecule has 3 N–H and O–H groups in total. The van der Waals surface area contributed by atoms with Crippen molar-refractivity contribution in [2.24, 2.45) is 4.99 Å². The van der Waals surface area contributed by atoms with E-state index in [9.17, 15) is 13.2 Å². The molecule has 0 spiro atoms. The highest BCUT2D eigenvalue weighted by Crippen LogP contribution is 2.15. The van der Waals surface area contributed by atoms with E-state index < -0.39 is 23.2 Å². The highest BCUT2D eigenvalue weighted by Gasteiger charge is 2.06. The number of benzene rings is 2. The van der Waals surface area contributed by atoms with Crippen LogP contribution in [0.1, 0.15) is 11.1 Å². The average molecular weight is 323 g/mol. The first kappa shape index (κ1) is 16.7. The SMILES string of the molecule is CN=C(NCc1ccc(O)c(F)c1)NCc1cc(F)ccc1F. The van der Waals surface area contributed by atoms with E-state index in [2.05, 4.69) is 15.6 Å². The van der Waals surface area contributed by atoms with Gasteiger partial charge in [0.05, 0.1) is 0 Å². The summed E-state index contributed by atoms with van der Waals surface area (Å²) in [7, 11) is 1.52. The maximum Gasteiger partial charge on any atom is 0.191 e. The number of nitrogens with zero attached hydrogens (tertiary/aromatic N) is 1. The van der Waals surface area contributed by atoms with Crippen LogP contribution in [0.5, 0.6) is 5.75 Å². The topological polar surface area (TPSA) is 56.7 Å². The Hall–Kier alpha value is -2.70. The van der Waals surface area contributed by atoms with Crippen LogP contribution < -0.4 is 10.6 Å². The van der Waals surface area contributed by atoms with Gasteiger partial charge in [-0.05, 0) is 35.9 Å². The lowest BCUT2D eigenvalue weighted by Gasteiger charge is -2.12. The van der Waals surface area contributed by atoms with Crippen molar-refractivity contribution in [3.63, 3.8) is 0 Å². The van der Waals surface area contributed by atoms with Crippen LogP contribution in [0.3, 0.4) is 0 Å². The second kappa shape index (κ2) is 7.53. The van der Waals surface area contributed by atoms with Gasteiger partial charge in [0.1, 0.15) is 11.6 Å². The molecular weight excluding hydrogens is 307 g/mol. The number of hydrogen-bond donors (Lipinski definition) is 3. The third kappa shape index (κ3) is 4.64. The quantitative estimate of drug-likeness (QED) is 0.599. The molecule has 0 unspecified atom stereocenters. The van der Waals surface area contributed by atoms with Crippen LogP contribution in [-0.2, 0) is 13.1 Å². The molecule has 0 heterocycles. The van der Waals surface area contributed by atoms with E-state index in [1.807, 2.05) is 0 Å². The third-order valence-electron chi connectivity index (χ3n) is 3.15. The number of aliphatic imine (C=N–C) groups is 1. The van der Waals surface area contributed by atoms with E-state index in [4.69, 9.17) is 5.11 Å². The summed E-state index contributed by atoms with van der Waals surface area (Å²) in [6, 6.07) is 7.22. The van der Waals surface area contributed by atoms with Crippen LogP contribution in [0.25, 0.3) is 0 Å². The lowest BCUT2D eigenvalue weighted by molar-refractivity contribution is 0.431. The lowest BCUT2D eigenvalue weighted by atomic mass is 10.2. The Bertz CT molecular complexity index is 720. The fraction of sp³-hybridized carbons (Fsp3) is 0.188. The molecule has 2 rings (SSSR count). The Morgan fingerprint density at radius 2 is 1.74 bits per heavy atom. The fourth-order valence-electron chi connectivity index (χ4n) is 1.92. The van der Waals surface area contributed by atoms with Gasteiger partial charge >= 0.3 is 0 Å². The predicted molar refractivity (Wildman–Crippen MR) is 81.5 cm³/mol. The lowest BCUT2D eigenvalue weighted by Crippen LogP contribution is -2.36. The highest BCUT2D eigenvalue weighted by atomic mass is 19.1. The van der Waals surface area contributed by atoms with Gasteiger partial charge in [0.15, 0.2) is 17.5 Å². The van der Waals surface area contributed by atoms with Crippen LogP contribution in [0, 0.1) is 17.5 Å². The number of halogens is 3. The number of phenolic OH excluding ortho intramolecular Hbond substituents is 1. The van der Waals surface area contributed by atoms with Crippen molar-refractivity contribution in [2.45, 2.75) is 13.1 Å². The Morgan fingerprint density at radius 3 is 2.43 bits per heavy atom. The monoisotopic (exact) mass is 323 g/mol. The molecule has 0 saturated carbocycles. The summed E-state index contributed by atoms with van der Waals surface area (Å²) in [5.74, 6) is -1.82. The van der Waals surface area contributed by atoms with E-state index in [0.29, 0.717) is 11.5 Å². The number of phenols is 1. The first-order chi connectivity index (χ1) is 11.0. The number of aromatic hydroxyl groups is 1. The molecule has 4 nitrogen and oxygen atoms in total. The van der Waals surface area contributed by atoms with E-state index in [-0.39, 0.29) is 18.7 Å². The molecule has 0 aliphatic rings. The summed E-state index contributed by atoms with van der Waals surface area (Å²) >= 11 is 0. The van der Waals surface area contributed by atoms with Crippen molar-refractivity contribution < 1.29 is 18.3 Å². The van der Waals surface area contributed by atoms with Crippen molar-refractivity contribution in [3.8, 4) is 5.75 Å².